The summed E-state index contributed by atoms with van der Waals surface area (Å²) in [5.74, 6) is 0.0769. The molecule has 0 atom stereocenters. The topological polar surface area (TPSA) is 67.2 Å². The Morgan fingerprint density at radius 1 is 1.39 bits per heavy atom. The van der Waals surface area contributed by atoms with Crippen molar-refractivity contribution in [1.29, 1.82) is 0 Å². The highest BCUT2D eigenvalue weighted by molar-refractivity contribution is 5.95. The number of nitrogens with two attached hydrogens (primary N) is 1. The molecule has 4 heteroatoms. The second kappa shape index (κ2) is 3.90. The number of nitrogens with one attached hydrogen (secondary N) is 2. The highest BCUT2D eigenvalue weighted by Gasteiger charge is 2.36. The first kappa shape index (κ1) is 11.4. The summed E-state index contributed by atoms with van der Waals surface area (Å²) in [6.45, 7) is 3.26. The van der Waals surface area contributed by atoms with Gasteiger partial charge in [0, 0.05) is 18.7 Å². The molecule has 1 fully saturated rings. The SMILES string of the molecule is CC1(CNc2cc3c(cc2N)NC(=O)CC3)CC1. The number of carbonyl (C=O) groups is 1. The van der Waals surface area contributed by atoms with Crippen LogP contribution in [-0.2, 0) is 11.2 Å². The average molecular weight is 245 g/mol. The quantitative estimate of drug-likeness (QED) is 0.716. The van der Waals surface area contributed by atoms with Crippen LogP contribution < -0.4 is 16.4 Å². The monoisotopic (exact) mass is 245 g/mol. The number of fused-ring (bicyclic) bond motifs is 1. The second-order valence-electron chi connectivity index (χ2n) is 5.81. The third-order valence-corrected chi connectivity index (χ3v) is 3.98. The molecule has 1 aliphatic carbocycles. The van der Waals surface area contributed by atoms with E-state index in [9.17, 15) is 4.79 Å². The van der Waals surface area contributed by atoms with Gasteiger partial charge in [-0.25, -0.2) is 0 Å². The summed E-state index contributed by atoms with van der Waals surface area (Å²) in [4.78, 5) is 11.3. The molecule has 1 aliphatic heterocycles. The Balaban J connectivity index is 1.80. The number of carbonyl (C=O) groups excluding carboxylic acids is 1. The van der Waals surface area contributed by atoms with E-state index in [1.807, 2.05) is 6.07 Å². The third-order valence-electron chi connectivity index (χ3n) is 3.98. The second-order valence-corrected chi connectivity index (χ2v) is 5.81. The number of benzene rings is 1. The van der Waals surface area contributed by atoms with Gasteiger partial charge in [0.1, 0.15) is 0 Å². The first-order valence-corrected chi connectivity index (χ1v) is 6.52. The number of hydrogen-bond acceptors (Lipinski definition) is 3. The van der Waals surface area contributed by atoms with Crippen molar-refractivity contribution in [1.82, 2.24) is 0 Å². The molecule has 1 saturated carbocycles. The van der Waals surface area contributed by atoms with E-state index in [-0.39, 0.29) is 5.91 Å². The summed E-state index contributed by atoms with van der Waals surface area (Å²) in [5.41, 5.74) is 10.2. The Labute approximate surface area is 107 Å². The number of amides is 1. The molecule has 96 valence electrons. The molecule has 4 nitrogen and oxygen atoms in total. The van der Waals surface area contributed by atoms with Crippen LogP contribution >= 0.6 is 0 Å². The Morgan fingerprint density at radius 3 is 2.89 bits per heavy atom. The fraction of sp³-hybridized carbons (Fsp3) is 0.500. The summed E-state index contributed by atoms with van der Waals surface area (Å²) in [6.07, 6.45) is 3.95. The van der Waals surface area contributed by atoms with E-state index in [4.69, 9.17) is 5.73 Å². The lowest BCUT2D eigenvalue weighted by Crippen LogP contribution is -2.20. The standard InChI is InChI=1S/C14H19N3O/c1-14(4-5-14)8-16-12-6-9-2-3-13(18)17-11(9)7-10(12)15/h6-7,16H,2-5,8,15H2,1H3,(H,17,18). The minimum absolute atomic E-state index is 0.0769. The van der Waals surface area contributed by atoms with Crippen LogP contribution in [0.15, 0.2) is 12.1 Å². The van der Waals surface area contributed by atoms with Gasteiger partial charge >= 0.3 is 0 Å². The van der Waals surface area contributed by atoms with Gasteiger partial charge in [-0.3, -0.25) is 4.79 Å². The number of nitrogen functional groups attached to an aromatic ring is 1. The van der Waals surface area contributed by atoms with Crippen molar-refractivity contribution in [2.45, 2.75) is 32.6 Å². The van der Waals surface area contributed by atoms with Crippen LogP contribution in [0.1, 0.15) is 31.7 Å². The van der Waals surface area contributed by atoms with Gasteiger partial charge in [0.2, 0.25) is 5.91 Å². The van der Waals surface area contributed by atoms with Crippen LogP contribution in [-0.4, -0.2) is 12.5 Å². The smallest absolute Gasteiger partial charge is 0.224 e. The molecular formula is C14H19N3O. The minimum atomic E-state index is 0.0769. The zero-order valence-electron chi connectivity index (χ0n) is 10.7. The Morgan fingerprint density at radius 2 is 2.17 bits per heavy atom. The predicted octanol–water partition coefficient (Wildman–Crippen LogP) is 2.37. The first-order valence-electron chi connectivity index (χ1n) is 6.52. The molecule has 1 heterocycles. The van der Waals surface area contributed by atoms with E-state index < -0.39 is 0 Å². The molecule has 1 amide bonds. The highest BCUT2D eigenvalue weighted by atomic mass is 16.1. The summed E-state index contributed by atoms with van der Waals surface area (Å²) >= 11 is 0. The lowest BCUT2D eigenvalue weighted by Gasteiger charge is -2.20. The number of anilines is 3. The van der Waals surface area contributed by atoms with Crippen molar-refractivity contribution in [3.05, 3.63) is 17.7 Å². The van der Waals surface area contributed by atoms with Crippen molar-refractivity contribution in [3.8, 4) is 0 Å². The maximum absolute atomic E-state index is 11.3. The molecule has 1 aromatic rings. The average Bonchev–Trinajstić information content (AvgIpc) is 3.05. The van der Waals surface area contributed by atoms with Gasteiger partial charge in [0.15, 0.2) is 0 Å². The van der Waals surface area contributed by atoms with Gasteiger partial charge in [-0.05, 0) is 42.4 Å². The molecule has 18 heavy (non-hydrogen) atoms. The fourth-order valence-corrected chi connectivity index (χ4v) is 2.30. The summed E-state index contributed by atoms with van der Waals surface area (Å²) in [5, 5.41) is 6.30. The fourth-order valence-electron chi connectivity index (χ4n) is 2.30. The van der Waals surface area contributed by atoms with Crippen LogP contribution in [0.3, 0.4) is 0 Å². The lowest BCUT2D eigenvalue weighted by atomic mass is 10.0. The van der Waals surface area contributed by atoms with E-state index in [1.165, 1.54) is 18.4 Å². The molecule has 0 spiro atoms. The van der Waals surface area contributed by atoms with Crippen LogP contribution in [0.5, 0.6) is 0 Å². The van der Waals surface area contributed by atoms with E-state index in [0.29, 0.717) is 17.5 Å². The number of aryl methyl sites for hydroxylation is 1. The highest BCUT2D eigenvalue weighted by Crippen LogP contribution is 2.45. The van der Waals surface area contributed by atoms with Gasteiger partial charge in [0.05, 0.1) is 11.4 Å². The Kier molecular flexibility index (Phi) is 2.47. The van der Waals surface area contributed by atoms with Crippen molar-refractivity contribution >= 4 is 23.0 Å². The molecular weight excluding hydrogens is 226 g/mol. The minimum Gasteiger partial charge on any atom is -0.397 e. The molecule has 0 unspecified atom stereocenters. The van der Waals surface area contributed by atoms with Gasteiger partial charge in [-0.15, -0.1) is 0 Å². The van der Waals surface area contributed by atoms with Crippen molar-refractivity contribution in [2.24, 2.45) is 5.41 Å². The third kappa shape index (κ3) is 2.15. The van der Waals surface area contributed by atoms with Crippen molar-refractivity contribution < 1.29 is 4.79 Å². The van der Waals surface area contributed by atoms with Crippen molar-refractivity contribution in [3.63, 3.8) is 0 Å². The van der Waals surface area contributed by atoms with Gasteiger partial charge in [-0.2, -0.15) is 0 Å². The zero-order chi connectivity index (χ0) is 12.8. The van der Waals surface area contributed by atoms with Crippen molar-refractivity contribution in [2.75, 3.05) is 22.9 Å². The molecule has 2 aliphatic rings. The van der Waals surface area contributed by atoms with Crippen LogP contribution in [0.4, 0.5) is 17.1 Å². The maximum atomic E-state index is 11.3. The van der Waals surface area contributed by atoms with E-state index in [1.54, 1.807) is 0 Å². The van der Waals surface area contributed by atoms with E-state index in [0.717, 1.165) is 24.3 Å². The molecule has 1 aromatic carbocycles. The Bertz CT molecular complexity index is 506. The summed E-state index contributed by atoms with van der Waals surface area (Å²) < 4.78 is 0. The first-order chi connectivity index (χ1) is 8.56. The molecule has 0 radical (unpaired) electrons. The maximum Gasteiger partial charge on any atom is 0.224 e. The summed E-state index contributed by atoms with van der Waals surface area (Å²) in [7, 11) is 0. The molecule has 0 bridgehead atoms. The molecule has 4 N–H and O–H groups in total. The number of hydrogen-bond donors (Lipinski definition) is 3. The van der Waals surface area contributed by atoms with Gasteiger partial charge in [-0.1, -0.05) is 6.92 Å². The van der Waals surface area contributed by atoms with Crippen LogP contribution in [0, 0.1) is 5.41 Å². The van der Waals surface area contributed by atoms with E-state index in [2.05, 4.69) is 23.6 Å². The van der Waals surface area contributed by atoms with E-state index >= 15 is 0 Å². The normalized spacial score (nSPS) is 19.9. The zero-order valence-corrected chi connectivity index (χ0v) is 10.7. The van der Waals surface area contributed by atoms with Crippen LogP contribution in [0.2, 0.25) is 0 Å². The molecule has 0 saturated heterocycles. The molecule has 0 aromatic heterocycles. The molecule has 3 rings (SSSR count). The number of rotatable bonds is 3. The van der Waals surface area contributed by atoms with Gasteiger partial charge in [0.25, 0.3) is 0 Å². The van der Waals surface area contributed by atoms with Gasteiger partial charge < -0.3 is 16.4 Å². The Hall–Kier alpha value is -1.71. The van der Waals surface area contributed by atoms with Crippen LogP contribution in [0.25, 0.3) is 0 Å². The predicted molar refractivity (Wildman–Crippen MR) is 73.6 cm³/mol. The summed E-state index contributed by atoms with van der Waals surface area (Å²) in [6, 6.07) is 3.94. The largest absolute Gasteiger partial charge is 0.397 e. The lowest BCUT2D eigenvalue weighted by molar-refractivity contribution is -0.116.